The number of aromatic nitrogens is 3. The van der Waals surface area contributed by atoms with Gasteiger partial charge in [0, 0.05) is 31.4 Å². The fourth-order valence-corrected chi connectivity index (χ4v) is 2.50. The van der Waals surface area contributed by atoms with Crippen LogP contribution >= 0.6 is 0 Å². The molecule has 0 radical (unpaired) electrons. The largest absolute Gasteiger partial charge is 0.368 e. The molecule has 0 bridgehead atoms. The summed E-state index contributed by atoms with van der Waals surface area (Å²) in [5, 5.41) is 0. The molecule has 0 aliphatic carbocycles. The smallest absolute Gasteiger partial charge is 0.251 e. The molecule has 1 N–H and O–H groups in total. The van der Waals surface area contributed by atoms with Crippen molar-refractivity contribution in [3.8, 4) is 0 Å². The molecule has 6 nitrogen and oxygen atoms in total. The lowest BCUT2D eigenvalue weighted by Gasteiger charge is -2.32. The highest BCUT2D eigenvalue weighted by atomic mass is 19.1. The number of nitrogens with zero attached hydrogens (tertiary/aromatic N) is 3. The molecule has 3 rings (SSSR count). The van der Waals surface area contributed by atoms with Crippen molar-refractivity contribution in [2.75, 3.05) is 19.7 Å². The van der Waals surface area contributed by atoms with Gasteiger partial charge in [-0.1, -0.05) is 0 Å². The van der Waals surface area contributed by atoms with Gasteiger partial charge in [-0.25, -0.2) is 9.37 Å². The molecular formula is C15H17FN4O2. The van der Waals surface area contributed by atoms with Crippen molar-refractivity contribution in [2.45, 2.75) is 19.6 Å². The van der Waals surface area contributed by atoms with E-state index in [1.54, 1.807) is 13.0 Å². The Morgan fingerprint density at radius 2 is 2.36 bits per heavy atom. The molecule has 0 amide bonds. The molecule has 116 valence electrons. The van der Waals surface area contributed by atoms with Crippen molar-refractivity contribution in [3.63, 3.8) is 0 Å². The third-order valence-electron chi connectivity index (χ3n) is 3.52. The van der Waals surface area contributed by atoms with Gasteiger partial charge in [0.2, 0.25) is 0 Å². The van der Waals surface area contributed by atoms with E-state index in [1.807, 2.05) is 0 Å². The summed E-state index contributed by atoms with van der Waals surface area (Å²) in [5.74, 6) is 0.201. The first-order valence-electron chi connectivity index (χ1n) is 7.12. The lowest BCUT2D eigenvalue weighted by Crippen LogP contribution is -2.39. The minimum Gasteiger partial charge on any atom is -0.368 e. The molecule has 1 aliphatic heterocycles. The first kappa shape index (κ1) is 14.8. The molecule has 1 atom stereocenters. The second-order valence-electron chi connectivity index (χ2n) is 5.33. The molecule has 2 aromatic rings. The number of hydrogen-bond acceptors (Lipinski definition) is 5. The van der Waals surface area contributed by atoms with Crippen LogP contribution in [0.15, 0.2) is 29.2 Å². The summed E-state index contributed by atoms with van der Waals surface area (Å²) in [6.45, 7) is 4.29. The molecule has 0 unspecified atom stereocenters. The van der Waals surface area contributed by atoms with Crippen LogP contribution < -0.4 is 5.56 Å². The summed E-state index contributed by atoms with van der Waals surface area (Å²) in [6, 6.07) is 4.53. The Hall–Kier alpha value is -2.12. The van der Waals surface area contributed by atoms with Crippen molar-refractivity contribution >= 4 is 0 Å². The Morgan fingerprint density at radius 3 is 3.09 bits per heavy atom. The van der Waals surface area contributed by atoms with Gasteiger partial charge in [-0.05, 0) is 19.1 Å². The van der Waals surface area contributed by atoms with E-state index in [-0.39, 0.29) is 17.5 Å². The summed E-state index contributed by atoms with van der Waals surface area (Å²) in [7, 11) is 0. The fourth-order valence-electron chi connectivity index (χ4n) is 2.50. The molecule has 2 aromatic heterocycles. The lowest BCUT2D eigenvalue weighted by molar-refractivity contribution is -0.0377. The van der Waals surface area contributed by atoms with Gasteiger partial charge in [0.1, 0.15) is 17.7 Å². The predicted molar refractivity (Wildman–Crippen MR) is 77.8 cm³/mol. The van der Waals surface area contributed by atoms with Crippen molar-refractivity contribution in [1.82, 2.24) is 19.9 Å². The highest BCUT2D eigenvalue weighted by molar-refractivity contribution is 5.06. The maximum Gasteiger partial charge on any atom is 0.251 e. The van der Waals surface area contributed by atoms with Crippen molar-refractivity contribution < 1.29 is 9.13 Å². The van der Waals surface area contributed by atoms with E-state index in [2.05, 4.69) is 19.9 Å². The number of hydrogen-bond donors (Lipinski definition) is 1. The molecule has 0 spiro atoms. The van der Waals surface area contributed by atoms with Crippen molar-refractivity contribution in [2.24, 2.45) is 0 Å². The van der Waals surface area contributed by atoms with Gasteiger partial charge in [0.05, 0.1) is 18.5 Å². The third-order valence-corrected chi connectivity index (χ3v) is 3.52. The van der Waals surface area contributed by atoms with Gasteiger partial charge in [-0.3, -0.25) is 14.7 Å². The molecule has 1 fully saturated rings. The highest BCUT2D eigenvalue weighted by Gasteiger charge is 2.24. The number of morpholine rings is 1. The molecule has 0 saturated carbocycles. The number of H-pyrrole nitrogens is 1. The van der Waals surface area contributed by atoms with Crippen LogP contribution in [-0.4, -0.2) is 39.5 Å². The zero-order chi connectivity index (χ0) is 15.5. The van der Waals surface area contributed by atoms with Gasteiger partial charge < -0.3 is 9.72 Å². The monoisotopic (exact) mass is 304 g/mol. The number of rotatable bonds is 3. The van der Waals surface area contributed by atoms with Gasteiger partial charge >= 0.3 is 0 Å². The summed E-state index contributed by atoms with van der Waals surface area (Å²) in [6.07, 6.45) is 0.939. The Balaban J connectivity index is 1.71. The van der Waals surface area contributed by atoms with E-state index in [0.29, 0.717) is 31.2 Å². The van der Waals surface area contributed by atoms with Crippen LogP contribution in [0.4, 0.5) is 4.39 Å². The van der Waals surface area contributed by atoms with Gasteiger partial charge in [-0.2, -0.15) is 0 Å². The maximum atomic E-state index is 12.9. The SMILES string of the molecule is Cc1cc(=O)[nH]c([C@H]2CN(Cc3ccc(F)cn3)CCO2)n1. The van der Waals surface area contributed by atoms with Crippen LogP contribution in [0, 0.1) is 12.7 Å². The number of ether oxygens (including phenoxy) is 1. The second-order valence-corrected chi connectivity index (χ2v) is 5.33. The third kappa shape index (κ3) is 3.55. The molecule has 22 heavy (non-hydrogen) atoms. The van der Waals surface area contributed by atoms with E-state index in [1.165, 1.54) is 18.3 Å². The average Bonchev–Trinajstić information content (AvgIpc) is 2.49. The highest BCUT2D eigenvalue weighted by Crippen LogP contribution is 2.19. The Morgan fingerprint density at radius 1 is 1.50 bits per heavy atom. The van der Waals surface area contributed by atoms with Crippen LogP contribution in [0.2, 0.25) is 0 Å². The molecule has 3 heterocycles. The number of pyridine rings is 1. The number of nitrogens with one attached hydrogen (secondary N) is 1. The maximum absolute atomic E-state index is 12.9. The Labute approximate surface area is 127 Å². The summed E-state index contributed by atoms with van der Waals surface area (Å²) in [5.41, 5.74) is 1.29. The first-order valence-corrected chi connectivity index (χ1v) is 7.12. The van der Waals surface area contributed by atoms with Crippen LogP contribution in [0.1, 0.15) is 23.3 Å². The predicted octanol–water partition coefficient (Wildman–Crippen LogP) is 1.19. The van der Waals surface area contributed by atoms with E-state index in [4.69, 9.17) is 4.74 Å². The number of aromatic amines is 1. The quantitative estimate of drug-likeness (QED) is 0.922. The second kappa shape index (κ2) is 6.33. The topological polar surface area (TPSA) is 71.1 Å². The Bertz CT molecular complexity index is 701. The lowest BCUT2D eigenvalue weighted by atomic mass is 10.2. The minimum absolute atomic E-state index is 0.177. The fraction of sp³-hybridized carbons (Fsp3) is 0.400. The van der Waals surface area contributed by atoms with Gasteiger partial charge in [0.25, 0.3) is 5.56 Å². The molecule has 7 heteroatoms. The van der Waals surface area contributed by atoms with Crippen LogP contribution in [-0.2, 0) is 11.3 Å². The molecule has 1 saturated heterocycles. The van der Waals surface area contributed by atoms with Crippen molar-refractivity contribution in [1.29, 1.82) is 0 Å². The van der Waals surface area contributed by atoms with E-state index in [9.17, 15) is 9.18 Å². The molecular weight excluding hydrogens is 287 g/mol. The van der Waals surface area contributed by atoms with E-state index in [0.717, 1.165) is 12.2 Å². The van der Waals surface area contributed by atoms with Gasteiger partial charge in [0.15, 0.2) is 0 Å². The normalized spacial score (nSPS) is 19.3. The van der Waals surface area contributed by atoms with Crippen LogP contribution in [0.3, 0.4) is 0 Å². The Kier molecular flexibility index (Phi) is 4.26. The number of aryl methyl sites for hydroxylation is 1. The summed E-state index contributed by atoms with van der Waals surface area (Å²) in [4.78, 5) is 24.8. The summed E-state index contributed by atoms with van der Waals surface area (Å²) >= 11 is 0. The molecule has 1 aliphatic rings. The number of halogens is 1. The summed E-state index contributed by atoms with van der Waals surface area (Å²) < 4.78 is 18.6. The van der Waals surface area contributed by atoms with E-state index < -0.39 is 0 Å². The van der Waals surface area contributed by atoms with Crippen molar-refractivity contribution in [3.05, 3.63) is 57.8 Å². The van der Waals surface area contributed by atoms with Crippen LogP contribution in [0.25, 0.3) is 0 Å². The zero-order valence-corrected chi connectivity index (χ0v) is 12.3. The zero-order valence-electron chi connectivity index (χ0n) is 12.3. The average molecular weight is 304 g/mol. The minimum atomic E-state index is -0.342. The van der Waals surface area contributed by atoms with Gasteiger partial charge in [-0.15, -0.1) is 0 Å². The molecule has 0 aromatic carbocycles. The van der Waals surface area contributed by atoms with Crippen LogP contribution in [0.5, 0.6) is 0 Å². The van der Waals surface area contributed by atoms with E-state index >= 15 is 0 Å². The standard InChI is InChI=1S/C15H17FN4O2/c1-10-6-14(21)19-15(18-10)13-9-20(4-5-22-13)8-12-3-2-11(16)7-17-12/h2-3,6-7,13H,4-5,8-9H2,1H3,(H,18,19,21)/t13-/m1/s1. The first-order chi connectivity index (χ1) is 10.6.